The molecule has 1 aliphatic heterocycles. The predicted molar refractivity (Wildman–Crippen MR) is 75.3 cm³/mol. The quantitative estimate of drug-likeness (QED) is 0.811. The average molecular weight is 280 g/mol. The summed E-state index contributed by atoms with van der Waals surface area (Å²) in [5.41, 5.74) is 0.768. The maximum Gasteiger partial charge on any atom is 0.359 e. The van der Waals surface area contributed by atoms with E-state index in [4.69, 9.17) is 9.47 Å². The summed E-state index contributed by atoms with van der Waals surface area (Å²) in [6.07, 6.45) is 0. The maximum absolute atomic E-state index is 12.0. The Kier molecular flexibility index (Phi) is 4.26. The minimum Gasteiger partial charge on any atom is -0.464 e. The van der Waals surface area contributed by atoms with E-state index in [1.807, 2.05) is 20.8 Å². The molecule has 7 nitrogen and oxygen atoms in total. The Morgan fingerprint density at radius 2 is 1.85 bits per heavy atom. The lowest BCUT2D eigenvalue weighted by Gasteiger charge is -2.31. The number of fused-ring (bicyclic) bond motifs is 1. The maximum atomic E-state index is 12.0. The molecule has 2 N–H and O–H groups in total. The molecule has 2 rings (SSSR count). The Morgan fingerprint density at radius 3 is 2.50 bits per heavy atom. The number of rotatable bonds is 4. The third-order valence-electron chi connectivity index (χ3n) is 3.12. The molecule has 2 unspecified atom stereocenters. The van der Waals surface area contributed by atoms with Crippen molar-refractivity contribution in [2.24, 2.45) is 0 Å². The van der Waals surface area contributed by atoms with Crippen LogP contribution in [0.3, 0.4) is 0 Å². The molecular formula is C13H20N4O3. The first kappa shape index (κ1) is 14.4. The van der Waals surface area contributed by atoms with Gasteiger partial charge < -0.3 is 20.1 Å². The van der Waals surface area contributed by atoms with Gasteiger partial charge in [-0.15, -0.1) is 0 Å². The van der Waals surface area contributed by atoms with Crippen molar-refractivity contribution >= 4 is 17.5 Å². The summed E-state index contributed by atoms with van der Waals surface area (Å²) in [5.74, 6) is 0.0836. The first-order chi connectivity index (χ1) is 9.56. The van der Waals surface area contributed by atoms with Crippen LogP contribution < -0.4 is 15.4 Å². The molecule has 7 heteroatoms. The van der Waals surface area contributed by atoms with Crippen LogP contribution in [0.1, 0.15) is 38.2 Å². The third-order valence-corrected chi connectivity index (χ3v) is 3.12. The van der Waals surface area contributed by atoms with Crippen molar-refractivity contribution in [3.8, 4) is 6.01 Å². The van der Waals surface area contributed by atoms with Gasteiger partial charge in [-0.3, -0.25) is 0 Å². The highest BCUT2D eigenvalue weighted by molar-refractivity contribution is 5.97. The number of anilines is 2. The second-order valence-electron chi connectivity index (χ2n) is 4.60. The van der Waals surface area contributed by atoms with Crippen molar-refractivity contribution in [2.45, 2.75) is 39.8 Å². The fourth-order valence-corrected chi connectivity index (χ4v) is 1.92. The van der Waals surface area contributed by atoms with Crippen molar-refractivity contribution in [1.82, 2.24) is 9.97 Å². The molecule has 2 heterocycles. The van der Waals surface area contributed by atoms with E-state index in [1.54, 1.807) is 6.92 Å². The molecule has 1 aromatic rings. The Morgan fingerprint density at radius 1 is 1.15 bits per heavy atom. The van der Waals surface area contributed by atoms with Crippen molar-refractivity contribution in [3.63, 3.8) is 0 Å². The molecule has 0 aromatic carbocycles. The number of hydrogen-bond acceptors (Lipinski definition) is 7. The van der Waals surface area contributed by atoms with Gasteiger partial charge in [-0.25, -0.2) is 4.79 Å². The Labute approximate surface area is 118 Å². The summed E-state index contributed by atoms with van der Waals surface area (Å²) < 4.78 is 10.3. The van der Waals surface area contributed by atoms with E-state index >= 15 is 0 Å². The van der Waals surface area contributed by atoms with E-state index in [2.05, 4.69) is 20.6 Å². The zero-order chi connectivity index (χ0) is 14.7. The van der Waals surface area contributed by atoms with E-state index < -0.39 is 5.97 Å². The third kappa shape index (κ3) is 2.76. The minimum atomic E-state index is -0.483. The van der Waals surface area contributed by atoms with Gasteiger partial charge in [0.15, 0.2) is 11.5 Å². The molecular weight excluding hydrogens is 260 g/mol. The lowest BCUT2D eigenvalue weighted by atomic mass is 10.1. The van der Waals surface area contributed by atoms with E-state index in [0.717, 1.165) is 0 Å². The summed E-state index contributed by atoms with van der Waals surface area (Å²) in [5, 5.41) is 6.49. The molecule has 0 saturated heterocycles. The van der Waals surface area contributed by atoms with Gasteiger partial charge in [0.05, 0.1) is 13.2 Å². The minimum absolute atomic E-state index is 0.150. The van der Waals surface area contributed by atoms with Crippen LogP contribution in [-0.2, 0) is 4.74 Å². The monoisotopic (exact) mass is 280 g/mol. The Hall–Kier alpha value is -2.05. The van der Waals surface area contributed by atoms with Crippen LogP contribution in [0.2, 0.25) is 0 Å². The Bertz CT molecular complexity index is 507. The van der Waals surface area contributed by atoms with Gasteiger partial charge in [0.25, 0.3) is 0 Å². The standard InChI is InChI=1S/C13H20N4O3/c1-5-19-12(18)10-9-11(15-8(4)7(3)14-9)17-13(16-10)20-6-2/h7-8,14H,5-6H2,1-4H3,(H,15,16,17). The SMILES string of the molecule is CCOC(=O)c1nc(OCC)nc2c1NC(C)C(C)N2. The largest absolute Gasteiger partial charge is 0.464 e. The van der Waals surface area contributed by atoms with E-state index in [-0.39, 0.29) is 23.8 Å². The lowest BCUT2D eigenvalue weighted by molar-refractivity contribution is 0.0519. The number of aromatic nitrogens is 2. The average Bonchev–Trinajstić information content (AvgIpc) is 2.40. The second-order valence-corrected chi connectivity index (χ2v) is 4.60. The fraction of sp³-hybridized carbons (Fsp3) is 0.615. The molecule has 0 saturated carbocycles. The molecule has 0 bridgehead atoms. The molecule has 1 aliphatic rings. The van der Waals surface area contributed by atoms with Crippen LogP contribution in [0.4, 0.5) is 11.5 Å². The van der Waals surface area contributed by atoms with Crippen LogP contribution in [0, 0.1) is 0 Å². The van der Waals surface area contributed by atoms with E-state index in [9.17, 15) is 4.79 Å². The summed E-state index contributed by atoms with van der Waals surface area (Å²) in [6.45, 7) is 8.37. The fourth-order valence-electron chi connectivity index (χ4n) is 1.92. The molecule has 2 atom stereocenters. The van der Waals surface area contributed by atoms with Crippen LogP contribution in [0.15, 0.2) is 0 Å². The van der Waals surface area contributed by atoms with Crippen LogP contribution in [0.25, 0.3) is 0 Å². The number of ether oxygens (including phenoxy) is 2. The van der Waals surface area contributed by atoms with Crippen LogP contribution in [0.5, 0.6) is 6.01 Å². The van der Waals surface area contributed by atoms with Gasteiger partial charge in [0.1, 0.15) is 5.69 Å². The molecule has 0 amide bonds. The summed E-state index contributed by atoms with van der Waals surface area (Å²) in [6, 6.07) is 0.504. The van der Waals surface area contributed by atoms with Gasteiger partial charge in [-0.2, -0.15) is 9.97 Å². The lowest BCUT2D eigenvalue weighted by Crippen LogP contribution is -2.40. The second kappa shape index (κ2) is 5.94. The molecule has 0 fully saturated rings. The summed E-state index contributed by atoms with van der Waals surface area (Å²) in [4.78, 5) is 20.4. The molecule has 0 radical (unpaired) electrons. The Balaban J connectivity index is 2.45. The van der Waals surface area contributed by atoms with E-state index in [0.29, 0.717) is 24.7 Å². The highest BCUT2D eigenvalue weighted by Crippen LogP contribution is 2.31. The van der Waals surface area contributed by atoms with Gasteiger partial charge in [0, 0.05) is 12.1 Å². The first-order valence-electron chi connectivity index (χ1n) is 6.81. The van der Waals surface area contributed by atoms with E-state index in [1.165, 1.54) is 0 Å². The molecule has 0 aliphatic carbocycles. The van der Waals surface area contributed by atoms with Crippen LogP contribution >= 0.6 is 0 Å². The van der Waals surface area contributed by atoms with Gasteiger partial charge in [0.2, 0.25) is 0 Å². The van der Waals surface area contributed by atoms with Crippen molar-refractivity contribution < 1.29 is 14.3 Å². The van der Waals surface area contributed by atoms with Crippen molar-refractivity contribution in [3.05, 3.63) is 5.69 Å². The number of nitrogens with one attached hydrogen (secondary N) is 2. The molecule has 0 spiro atoms. The van der Waals surface area contributed by atoms with Gasteiger partial charge >= 0.3 is 12.0 Å². The number of carbonyl (C=O) groups is 1. The topological polar surface area (TPSA) is 85.4 Å². The predicted octanol–water partition coefficient (Wildman–Crippen LogP) is 1.67. The summed E-state index contributed by atoms with van der Waals surface area (Å²) in [7, 11) is 0. The normalized spacial score (nSPS) is 20.4. The molecule has 110 valence electrons. The van der Waals surface area contributed by atoms with Crippen molar-refractivity contribution in [1.29, 1.82) is 0 Å². The van der Waals surface area contributed by atoms with Crippen molar-refractivity contribution in [2.75, 3.05) is 23.8 Å². The van der Waals surface area contributed by atoms with Gasteiger partial charge in [-0.1, -0.05) is 0 Å². The number of nitrogens with zero attached hydrogens (tertiary/aromatic N) is 2. The number of hydrogen-bond donors (Lipinski definition) is 2. The zero-order valence-corrected chi connectivity index (χ0v) is 12.2. The number of carbonyl (C=O) groups excluding carboxylic acids is 1. The highest BCUT2D eigenvalue weighted by Gasteiger charge is 2.29. The number of esters is 1. The summed E-state index contributed by atoms with van der Waals surface area (Å²) >= 11 is 0. The molecule has 1 aromatic heterocycles. The smallest absolute Gasteiger partial charge is 0.359 e. The first-order valence-corrected chi connectivity index (χ1v) is 6.81. The highest BCUT2D eigenvalue weighted by atomic mass is 16.5. The van der Waals surface area contributed by atoms with Gasteiger partial charge in [-0.05, 0) is 27.7 Å². The van der Waals surface area contributed by atoms with Crippen LogP contribution in [-0.4, -0.2) is 41.2 Å². The zero-order valence-electron chi connectivity index (χ0n) is 12.2. The molecule has 20 heavy (non-hydrogen) atoms.